The monoisotopic (exact) mass is 481 g/mol. The lowest BCUT2D eigenvalue weighted by Crippen LogP contribution is -2.27. The van der Waals surface area contributed by atoms with Crippen LogP contribution in [0, 0.1) is 0 Å². The zero-order valence-corrected chi connectivity index (χ0v) is 18.3. The summed E-state index contributed by atoms with van der Waals surface area (Å²) in [6, 6.07) is 14.5. The van der Waals surface area contributed by atoms with Crippen LogP contribution in [0.3, 0.4) is 0 Å². The molecule has 4 rings (SSSR count). The van der Waals surface area contributed by atoms with Crippen molar-refractivity contribution in [2.75, 3.05) is 18.9 Å². The van der Waals surface area contributed by atoms with Gasteiger partial charge in [0.2, 0.25) is 0 Å². The highest BCUT2D eigenvalue weighted by Crippen LogP contribution is 2.28. The Morgan fingerprint density at radius 2 is 1.77 bits per heavy atom. The molecule has 4 aromatic rings. The van der Waals surface area contributed by atoms with Gasteiger partial charge in [-0.05, 0) is 43.3 Å². The number of hydrogen-bond acceptors (Lipinski definition) is 6. The van der Waals surface area contributed by atoms with Gasteiger partial charge in [0.15, 0.2) is 5.65 Å². The minimum Gasteiger partial charge on any atom is -0.462 e. The molecule has 8 nitrogen and oxygen atoms in total. The summed E-state index contributed by atoms with van der Waals surface area (Å²) in [5, 5.41) is 2.86. The number of nitrogens with one attached hydrogen (secondary N) is 1. The number of anilines is 1. The number of rotatable bonds is 6. The maximum Gasteiger partial charge on any atom is 0.344 e. The summed E-state index contributed by atoms with van der Waals surface area (Å²) in [6.45, 7) is 2.55. The number of aromatic nitrogens is 3. The van der Waals surface area contributed by atoms with Gasteiger partial charge in [-0.25, -0.2) is 14.8 Å². The largest absolute Gasteiger partial charge is 0.462 e. The van der Waals surface area contributed by atoms with Crippen LogP contribution in [0.25, 0.3) is 22.2 Å². The predicted molar refractivity (Wildman–Crippen MR) is 122 cm³/mol. The maximum absolute atomic E-state index is 12.6. The van der Waals surface area contributed by atoms with E-state index in [1.54, 1.807) is 35.8 Å². The molecule has 3 N–H and O–H groups in total. The molecule has 0 saturated carbocycles. The number of carbonyl (C=O) groups excluding carboxylic acids is 2. The molecule has 0 spiro atoms. The fourth-order valence-corrected chi connectivity index (χ4v) is 3.60. The summed E-state index contributed by atoms with van der Waals surface area (Å²) in [7, 11) is 0. The number of carbonyl (C=O) groups is 2. The first-order valence-electron chi connectivity index (χ1n) is 9.75. The van der Waals surface area contributed by atoms with E-state index in [2.05, 4.69) is 31.2 Å². The van der Waals surface area contributed by atoms with Gasteiger partial charge in [0, 0.05) is 23.1 Å². The minimum atomic E-state index is -0.549. The third-order valence-electron chi connectivity index (χ3n) is 4.80. The lowest BCUT2D eigenvalue weighted by Gasteiger charge is -2.09. The molecule has 158 valence electrons. The lowest BCUT2D eigenvalue weighted by atomic mass is 10.2. The number of ether oxygens (including phenoxy) is 1. The van der Waals surface area contributed by atoms with Crippen molar-refractivity contribution in [3.05, 3.63) is 64.1 Å². The lowest BCUT2D eigenvalue weighted by molar-refractivity contribution is 0.0529. The van der Waals surface area contributed by atoms with Crippen molar-refractivity contribution >= 4 is 55.8 Å². The molecule has 9 heteroatoms. The number of amides is 1. The number of hydrogen-bond donors (Lipinski definition) is 2. The van der Waals surface area contributed by atoms with Gasteiger partial charge in [-0.15, -0.1) is 0 Å². The van der Waals surface area contributed by atoms with Crippen LogP contribution >= 0.6 is 15.9 Å². The highest BCUT2D eigenvalue weighted by Gasteiger charge is 2.24. The Balaban J connectivity index is 1.66. The van der Waals surface area contributed by atoms with E-state index >= 15 is 0 Å². The smallest absolute Gasteiger partial charge is 0.344 e. The van der Waals surface area contributed by atoms with Gasteiger partial charge in [-0.3, -0.25) is 4.79 Å². The van der Waals surface area contributed by atoms with Crippen molar-refractivity contribution in [1.82, 2.24) is 19.9 Å². The van der Waals surface area contributed by atoms with E-state index in [-0.39, 0.29) is 23.9 Å². The molecule has 2 aromatic heterocycles. The third kappa shape index (κ3) is 4.09. The SMILES string of the molecule is CCOC(=O)c1c(N)n(CCNC(=O)c2ccc(Br)cc2)c2nc3ccccc3nc12. The molecule has 0 aliphatic rings. The average Bonchev–Trinajstić information content (AvgIpc) is 3.03. The molecule has 0 saturated heterocycles. The number of nitrogen functional groups attached to an aromatic ring is 1. The number of fused-ring (bicyclic) bond motifs is 2. The van der Waals surface area contributed by atoms with Crippen molar-refractivity contribution in [1.29, 1.82) is 0 Å². The molecule has 31 heavy (non-hydrogen) atoms. The number of esters is 1. The van der Waals surface area contributed by atoms with Gasteiger partial charge < -0.3 is 20.4 Å². The molecule has 0 atom stereocenters. The molecule has 2 heterocycles. The van der Waals surface area contributed by atoms with E-state index in [1.165, 1.54) is 0 Å². The van der Waals surface area contributed by atoms with Gasteiger partial charge in [-0.1, -0.05) is 28.1 Å². The molecular weight excluding hydrogens is 462 g/mol. The zero-order valence-electron chi connectivity index (χ0n) is 16.8. The highest BCUT2D eigenvalue weighted by molar-refractivity contribution is 9.10. The van der Waals surface area contributed by atoms with Crippen LogP contribution in [0.1, 0.15) is 27.6 Å². The predicted octanol–water partition coefficient (Wildman–Crippen LogP) is 3.54. The van der Waals surface area contributed by atoms with Crippen molar-refractivity contribution in [3.8, 4) is 0 Å². The number of halogens is 1. The van der Waals surface area contributed by atoms with Crippen LogP contribution in [0.15, 0.2) is 53.0 Å². The van der Waals surface area contributed by atoms with Gasteiger partial charge in [0.1, 0.15) is 16.9 Å². The van der Waals surface area contributed by atoms with E-state index in [1.807, 2.05) is 24.3 Å². The number of nitrogens with two attached hydrogens (primary N) is 1. The molecule has 0 aliphatic heterocycles. The summed E-state index contributed by atoms with van der Waals surface area (Å²) in [4.78, 5) is 34.2. The van der Waals surface area contributed by atoms with Gasteiger partial charge in [-0.2, -0.15) is 0 Å². The Morgan fingerprint density at radius 1 is 1.10 bits per heavy atom. The number of benzene rings is 2. The van der Waals surface area contributed by atoms with Crippen molar-refractivity contribution in [2.45, 2.75) is 13.5 Å². The van der Waals surface area contributed by atoms with Gasteiger partial charge in [0.25, 0.3) is 5.91 Å². The summed E-state index contributed by atoms with van der Waals surface area (Å²) in [5.41, 5.74) is 9.25. The van der Waals surface area contributed by atoms with Gasteiger partial charge in [0.05, 0.1) is 17.6 Å². The summed E-state index contributed by atoms with van der Waals surface area (Å²) in [6.07, 6.45) is 0. The van der Waals surface area contributed by atoms with Gasteiger partial charge >= 0.3 is 5.97 Å². The molecule has 2 aromatic carbocycles. The number of nitrogens with zero attached hydrogens (tertiary/aromatic N) is 3. The zero-order chi connectivity index (χ0) is 22.0. The topological polar surface area (TPSA) is 112 Å². The molecule has 0 aliphatic carbocycles. The normalized spacial score (nSPS) is 11.0. The Hall–Kier alpha value is -3.46. The second-order valence-corrected chi connectivity index (χ2v) is 7.70. The Morgan fingerprint density at radius 3 is 2.45 bits per heavy atom. The van der Waals surface area contributed by atoms with Crippen molar-refractivity contribution < 1.29 is 14.3 Å². The maximum atomic E-state index is 12.6. The average molecular weight is 482 g/mol. The Labute approximate surface area is 186 Å². The van der Waals surface area contributed by atoms with Crippen molar-refractivity contribution in [3.63, 3.8) is 0 Å². The molecule has 0 fully saturated rings. The third-order valence-corrected chi connectivity index (χ3v) is 5.33. The second kappa shape index (κ2) is 8.73. The minimum absolute atomic E-state index is 0.189. The van der Waals surface area contributed by atoms with Crippen LogP contribution in [0.4, 0.5) is 5.82 Å². The fraction of sp³-hybridized carbons (Fsp3) is 0.182. The molecule has 0 unspecified atom stereocenters. The summed E-state index contributed by atoms with van der Waals surface area (Å²) in [5.74, 6) is -0.543. The van der Waals surface area contributed by atoms with Crippen LogP contribution in [0.5, 0.6) is 0 Å². The van der Waals surface area contributed by atoms with Crippen molar-refractivity contribution in [2.24, 2.45) is 0 Å². The Kier molecular flexibility index (Phi) is 5.85. The second-order valence-electron chi connectivity index (χ2n) is 6.78. The summed E-state index contributed by atoms with van der Waals surface area (Å²) >= 11 is 3.35. The highest BCUT2D eigenvalue weighted by atomic mass is 79.9. The van der Waals surface area contributed by atoms with Crippen LogP contribution in [-0.2, 0) is 11.3 Å². The van der Waals surface area contributed by atoms with E-state index in [9.17, 15) is 9.59 Å². The quantitative estimate of drug-likeness (QED) is 0.407. The van der Waals surface area contributed by atoms with Crippen LogP contribution < -0.4 is 11.1 Å². The Bertz CT molecular complexity index is 1280. The molecular formula is C22H20BrN5O3. The molecule has 1 amide bonds. The van der Waals surface area contributed by atoms with Crippen LogP contribution in [0.2, 0.25) is 0 Å². The molecule has 0 bridgehead atoms. The number of para-hydroxylation sites is 2. The first-order valence-corrected chi connectivity index (χ1v) is 10.5. The standard InChI is InChI=1S/C22H20BrN5O3/c1-2-31-22(30)17-18-20(27-16-6-4-3-5-15(16)26-18)28(19(17)24)12-11-25-21(29)13-7-9-14(23)10-8-13/h3-10H,2,11-12,24H2,1H3,(H,25,29). The first-order chi connectivity index (χ1) is 15.0. The first kappa shape index (κ1) is 20.8. The van der Waals surface area contributed by atoms with E-state index in [0.717, 1.165) is 4.47 Å². The molecule has 0 radical (unpaired) electrons. The van der Waals surface area contributed by atoms with E-state index < -0.39 is 5.97 Å². The summed E-state index contributed by atoms with van der Waals surface area (Å²) < 4.78 is 7.76. The van der Waals surface area contributed by atoms with E-state index in [4.69, 9.17) is 10.5 Å². The van der Waals surface area contributed by atoms with Crippen LogP contribution in [-0.4, -0.2) is 39.6 Å². The van der Waals surface area contributed by atoms with E-state index in [0.29, 0.717) is 40.9 Å². The fourth-order valence-electron chi connectivity index (χ4n) is 3.33.